The van der Waals surface area contributed by atoms with Gasteiger partial charge in [0.15, 0.2) is 0 Å². The highest BCUT2D eigenvalue weighted by Crippen LogP contribution is 2.14. The predicted molar refractivity (Wildman–Crippen MR) is 71.9 cm³/mol. The molecule has 1 aliphatic heterocycles. The predicted octanol–water partition coefficient (Wildman–Crippen LogP) is 0.492. The van der Waals surface area contributed by atoms with Crippen LogP contribution in [0.4, 0.5) is 11.8 Å². The molecule has 104 valence electrons. The molecule has 7 nitrogen and oxygen atoms in total. The van der Waals surface area contributed by atoms with E-state index in [1.165, 1.54) is 7.11 Å². The number of hydrogen-bond acceptors (Lipinski definition) is 6. The van der Waals surface area contributed by atoms with Gasteiger partial charge in [-0.05, 0) is 12.8 Å². The zero-order valence-corrected chi connectivity index (χ0v) is 11.1. The summed E-state index contributed by atoms with van der Waals surface area (Å²) in [5.41, 5.74) is 5.55. The number of carbonyl (C=O) groups excluding carboxylic acids is 1. The highest BCUT2D eigenvalue weighted by Gasteiger charge is 2.17. The van der Waals surface area contributed by atoms with Crippen molar-refractivity contribution in [1.82, 2.24) is 14.9 Å². The fraction of sp³-hybridized carbons (Fsp3) is 0.583. The maximum absolute atomic E-state index is 11.8. The number of likely N-dealkylation sites (tertiary alicyclic amines) is 1. The first-order valence-electron chi connectivity index (χ1n) is 6.39. The molecule has 0 bridgehead atoms. The van der Waals surface area contributed by atoms with Crippen LogP contribution in [0.5, 0.6) is 5.88 Å². The number of hydrogen-bond donors (Lipinski definition) is 2. The largest absolute Gasteiger partial charge is 0.481 e. The second kappa shape index (κ2) is 6.21. The lowest BCUT2D eigenvalue weighted by molar-refractivity contribution is -0.129. The van der Waals surface area contributed by atoms with E-state index in [4.69, 9.17) is 10.5 Å². The Bertz CT molecular complexity index is 446. The number of ether oxygens (including phenoxy) is 1. The van der Waals surface area contributed by atoms with E-state index in [2.05, 4.69) is 15.3 Å². The van der Waals surface area contributed by atoms with Crippen LogP contribution in [-0.4, -0.2) is 47.5 Å². The highest BCUT2D eigenvalue weighted by atomic mass is 16.5. The molecular weight excluding hydrogens is 246 g/mol. The number of anilines is 2. The van der Waals surface area contributed by atoms with Crippen molar-refractivity contribution in [3.05, 3.63) is 6.07 Å². The molecule has 0 atom stereocenters. The molecule has 1 aromatic heterocycles. The Morgan fingerprint density at radius 3 is 2.89 bits per heavy atom. The maximum Gasteiger partial charge on any atom is 0.225 e. The smallest absolute Gasteiger partial charge is 0.225 e. The molecule has 0 saturated carbocycles. The molecule has 1 aliphatic rings. The summed E-state index contributed by atoms with van der Waals surface area (Å²) >= 11 is 0. The van der Waals surface area contributed by atoms with Crippen molar-refractivity contribution in [3.8, 4) is 5.88 Å². The van der Waals surface area contributed by atoms with Gasteiger partial charge in [0, 0.05) is 32.1 Å². The van der Waals surface area contributed by atoms with E-state index in [1.54, 1.807) is 6.07 Å². The molecule has 19 heavy (non-hydrogen) atoms. The van der Waals surface area contributed by atoms with E-state index in [-0.39, 0.29) is 11.9 Å². The number of amides is 1. The quantitative estimate of drug-likeness (QED) is 0.805. The zero-order chi connectivity index (χ0) is 13.7. The van der Waals surface area contributed by atoms with E-state index in [9.17, 15) is 4.79 Å². The zero-order valence-electron chi connectivity index (χ0n) is 11.1. The minimum Gasteiger partial charge on any atom is -0.481 e. The van der Waals surface area contributed by atoms with Crippen molar-refractivity contribution < 1.29 is 9.53 Å². The third-order valence-corrected chi connectivity index (χ3v) is 3.03. The van der Waals surface area contributed by atoms with Crippen LogP contribution in [0.3, 0.4) is 0 Å². The highest BCUT2D eigenvalue weighted by molar-refractivity contribution is 5.76. The molecular formula is C12H19N5O2. The molecule has 0 spiro atoms. The Morgan fingerprint density at radius 1 is 1.47 bits per heavy atom. The Kier molecular flexibility index (Phi) is 4.38. The fourth-order valence-electron chi connectivity index (χ4n) is 2.06. The van der Waals surface area contributed by atoms with Crippen molar-refractivity contribution in [1.29, 1.82) is 0 Å². The number of nitrogens with one attached hydrogen (secondary N) is 1. The first-order chi connectivity index (χ1) is 9.19. The number of nitrogen functional groups attached to an aromatic ring is 1. The van der Waals surface area contributed by atoms with Crippen molar-refractivity contribution >= 4 is 17.7 Å². The topological polar surface area (TPSA) is 93.4 Å². The monoisotopic (exact) mass is 265 g/mol. The minimum absolute atomic E-state index is 0.146. The lowest BCUT2D eigenvalue weighted by Gasteiger charge is -2.15. The minimum atomic E-state index is 0.146. The number of methoxy groups -OCH3 is 1. The van der Waals surface area contributed by atoms with E-state index < -0.39 is 0 Å². The lowest BCUT2D eigenvalue weighted by atomic mass is 10.3. The Labute approximate surface area is 112 Å². The number of nitrogens with two attached hydrogens (primary N) is 1. The van der Waals surface area contributed by atoms with Gasteiger partial charge in [0.05, 0.1) is 7.11 Å². The van der Waals surface area contributed by atoms with Crippen molar-refractivity contribution in [2.24, 2.45) is 0 Å². The third kappa shape index (κ3) is 3.70. The molecule has 1 aromatic rings. The Hall–Kier alpha value is -2.05. The van der Waals surface area contributed by atoms with Gasteiger partial charge in [-0.25, -0.2) is 0 Å². The number of carbonyl (C=O) groups is 1. The van der Waals surface area contributed by atoms with E-state index >= 15 is 0 Å². The normalized spacial score (nSPS) is 14.5. The Balaban J connectivity index is 1.81. The molecule has 1 saturated heterocycles. The van der Waals surface area contributed by atoms with E-state index in [1.807, 2.05) is 4.90 Å². The molecule has 1 fully saturated rings. The second-order valence-corrected chi connectivity index (χ2v) is 4.42. The van der Waals surface area contributed by atoms with E-state index in [0.717, 1.165) is 25.9 Å². The van der Waals surface area contributed by atoms with Gasteiger partial charge in [-0.3, -0.25) is 4.79 Å². The molecule has 0 radical (unpaired) electrons. The summed E-state index contributed by atoms with van der Waals surface area (Å²) in [6, 6.07) is 1.65. The average Bonchev–Trinajstić information content (AvgIpc) is 2.92. The van der Waals surface area contributed by atoms with Crippen molar-refractivity contribution in [2.45, 2.75) is 19.3 Å². The Morgan fingerprint density at radius 2 is 2.21 bits per heavy atom. The molecule has 7 heteroatoms. The third-order valence-electron chi connectivity index (χ3n) is 3.03. The average molecular weight is 265 g/mol. The van der Waals surface area contributed by atoms with Crippen molar-refractivity contribution in [2.75, 3.05) is 37.8 Å². The molecule has 0 aliphatic carbocycles. The van der Waals surface area contributed by atoms with Gasteiger partial charge in [0.1, 0.15) is 5.82 Å². The standard InChI is InChI=1S/C12H19N5O2/c1-19-10-8-9(15-12(13)16-10)14-5-4-11(18)17-6-2-3-7-17/h8H,2-7H2,1H3,(H3,13,14,15,16). The van der Waals surface area contributed by atoms with Crippen LogP contribution in [-0.2, 0) is 4.79 Å². The van der Waals surface area contributed by atoms with Crippen molar-refractivity contribution in [3.63, 3.8) is 0 Å². The van der Waals surface area contributed by atoms with Gasteiger partial charge in [0.25, 0.3) is 0 Å². The summed E-state index contributed by atoms with van der Waals surface area (Å²) in [5.74, 6) is 1.30. The summed E-state index contributed by atoms with van der Waals surface area (Å²) in [6.07, 6.45) is 2.67. The molecule has 1 amide bonds. The maximum atomic E-state index is 11.8. The summed E-state index contributed by atoms with van der Waals surface area (Å²) in [6.45, 7) is 2.29. The summed E-state index contributed by atoms with van der Waals surface area (Å²) in [5, 5.41) is 3.06. The van der Waals surface area contributed by atoms with Crippen LogP contribution in [0.1, 0.15) is 19.3 Å². The number of rotatable bonds is 5. The van der Waals surface area contributed by atoms with Crippen LogP contribution in [0.2, 0.25) is 0 Å². The van der Waals surface area contributed by atoms with Gasteiger partial charge in [-0.1, -0.05) is 0 Å². The van der Waals surface area contributed by atoms with Gasteiger partial charge >= 0.3 is 0 Å². The van der Waals surface area contributed by atoms with Gasteiger partial charge in [-0.15, -0.1) is 0 Å². The van der Waals surface area contributed by atoms with Gasteiger partial charge in [-0.2, -0.15) is 9.97 Å². The molecule has 0 aromatic carbocycles. The van der Waals surface area contributed by atoms with Gasteiger partial charge in [0.2, 0.25) is 17.7 Å². The first-order valence-corrected chi connectivity index (χ1v) is 6.39. The summed E-state index contributed by atoms with van der Waals surface area (Å²) in [4.78, 5) is 21.6. The van der Waals surface area contributed by atoms with Crippen LogP contribution in [0.15, 0.2) is 6.07 Å². The lowest BCUT2D eigenvalue weighted by Crippen LogP contribution is -2.29. The number of aromatic nitrogens is 2. The van der Waals surface area contributed by atoms with Crippen LogP contribution in [0, 0.1) is 0 Å². The summed E-state index contributed by atoms with van der Waals surface area (Å²) in [7, 11) is 1.52. The van der Waals surface area contributed by atoms with E-state index in [0.29, 0.717) is 24.7 Å². The molecule has 3 N–H and O–H groups in total. The molecule has 0 unspecified atom stereocenters. The summed E-state index contributed by atoms with van der Waals surface area (Å²) < 4.78 is 5.00. The molecule has 2 heterocycles. The first kappa shape index (κ1) is 13.4. The fourth-order valence-corrected chi connectivity index (χ4v) is 2.06. The van der Waals surface area contributed by atoms with Crippen LogP contribution in [0.25, 0.3) is 0 Å². The van der Waals surface area contributed by atoms with Crippen LogP contribution < -0.4 is 15.8 Å². The van der Waals surface area contributed by atoms with Crippen LogP contribution >= 0.6 is 0 Å². The SMILES string of the molecule is COc1cc(NCCC(=O)N2CCCC2)nc(N)n1. The van der Waals surface area contributed by atoms with Gasteiger partial charge < -0.3 is 20.7 Å². The second-order valence-electron chi connectivity index (χ2n) is 4.42. The molecule has 2 rings (SSSR count). The number of nitrogens with zero attached hydrogens (tertiary/aromatic N) is 3.